The molecule has 1 amide bonds. The van der Waals surface area contributed by atoms with Crippen molar-refractivity contribution < 1.29 is 18.8 Å². The molecule has 6 nitrogen and oxygen atoms in total. The highest BCUT2D eigenvalue weighted by molar-refractivity contribution is 7.17. The number of halogens is 1. The van der Waals surface area contributed by atoms with Crippen molar-refractivity contribution in [2.75, 3.05) is 11.9 Å². The van der Waals surface area contributed by atoms with E-state index in [4.69, 9.17) is 20.9 Å². The number of carbonyl (C=O) groups excluding carboxylic acids is 2. The van der Waals surface area contributed by atoms with Crippen molar-refractivity contribution in [2.45, 2.75) is 33.1 Å². The summed E-state index contributed by atoms with van der Waals surface area (Å²) in [5.74, 6) is -0.432. The Morgan fingerprint density at radius 2 is 2.07 bits per heavy atom. The number of anilines is 1. The third kappa shape index (κ3) is 3.56. The first kappa shape index (κ1) is 19.7. The van der Waals surface area contributed by atoms with Gasteiger partial charge in [-0.25, -0.2) is 4.79 Å². The summed E-state index contributed by atoms with van der Waals surface area (Å²) in [6, 6.07) is 7.12. The molecule has 29 heavy (non-hydrogen) atoms. The first-order chi connectivity index (χ1) is 14.0. The number of nitrogens with one attached hydrogen (secondary N) is 1. The Bertz CT molecular complexity index is 1100. The minimum atomic E-state index is -0.407. The number of rotatable bonds is 5. The zero-order chi connectivity index (χ0) is 20.5. The van der Waals surface area contributed by atoms with Crippen molar-refractivity contribution in [2.24, 2.45) is 0 Å². The average Bonchev–Trinajstić information content (AvgIpc) is 3.36. The molecule has 0 saturated carbocycles. The summed E-state index contributed by atoms with van der Waals surface area (Å²) in [4.78, 5) is 26.8. The van der Waals surface area contributed by atoms with Gasteiger partial charge in [0.15, 0.2) is 0 Å². The number of fused-ring (bicyclic) bond motifs is 1. The molecule has 0 aliphatic heterocycles. The van der Waals surface area contributed by atoms with Crippen LogP contribution in [0.1, 0.15) is 50.3 Å². The molecule has 2 heterocycles. The Kier molecular flexibility index (Phi) is 5.43. The SMILES string of the molecule is CCOC(=O)c1c(NC(=O)c2c(-c3ccccc3Cl)noc2C)sc2c1CCC2. The van der Waals surface area contributed by atoms with Crippen LogP contribution in [-0.4, -0.2) is 23.6 Å². The molecule has 0 radical (unpaired) electrons. The van der Waals surface area contributed by atoms with E-state index in [1.807, 2.05) is 6.07 Å². The van der Waals surface area contributed by atoms with E-state index >= 15 is 0 Å². The summed E-state index contributed by atoms with van der Waals surface area (Å²) in [6.45, 7) is 3.71. The number of carbonyl (C=O) groups is 2. The molecular formula is C21H19ClN2O4S. The number of amides is 1. The maximum Gasteiger partial charge on any atom is 0.341 e. The largest absolute Gasteiger partial charge is 0.462 e. The number of aryl methyl sites for hydroxylation is 2. The first-order valence-corrected chi connectivity index (χ1v) is 10.5. The number of thiophene rings is 1. The Balaban J connectivity index is 1.71. The molecule has 0 saturated heterocycles. The molecule has 0 bridgehead atoms. The van der Waals surface area contributed by atoms with E-state index in [2.05, 4.69) is 10.5 Å². The molecule has 0 spiro atoms. The minimum Gasteiger partial charge on any atom is -0.462 e. The molecule has 0 atom stereocenters. The van der Waals surface area contributed by atoms with E-state index in [-0.39, 0.29) is 6.61 Å². The molecule has 4 rings (SSSR count). The van der Waals surface area contributed by atoms with Crippen LogP contribution >= 0.6 is 22.9 Å². The van der Waals surface area contributed by atoms with Crippen LogP contribution in [-0.2, 0) is 17.6 Å². The Hall–Kier alpha value is -2.64. The van der Waals surface area contributed by atoms with Gasteiger partial charge in [-0.05, 0) is 44.7 Å². The monoisotopic (exact) mass is 430 g/mol. The summed E-state index contributed by atoms with van der Waals surface area (Å²) in [7, 11) is 0. The molecule has 8 heteroatoms. The van der Waals surface area contributed by atoms with Crippen molar-refractivity contribution in [3.63, 3.8) is 0 Å². The molecule has 0 fully saturated rings. The lowest BCUT2D eigenvalue weighted by Crippen LogP contribution is -2.16. The van der Waals surface area contributed by atoms with Gasteiger partial charge in [0, 0.05) is 10.4 Å². The highest BCUT2D eigenvalue weighted by Crippen LogP contribution is 2.40. The summed E-state index contributed by atoms with van der Waals surface area (Å²) < 4.78 is 10.5. The van der Waals surface area contributed by atoms with Crippen molar-refractivity contribution >= 4 is 39.8 Å². The number of esters is 1. The van der Waals surface area contributed by atoms with E-state index in [1.165, 1.54) is 11.3 Å². The fourth-order valence-corrected chi connectivity index (χ4v) is 5.05. The highest BCUT2D eigenvalue weighted by atomic mass is 35.5. The zero-order valence-electron chi connectivity index (χ0n) is 16.0. The second kappa shape index (κ2) is 8.00. The van der Waals surface area contributed by atoms with Gasteiger partial charge in [-0.1, -0.05) is 35.0 Å². The molecule has 1 N–H and O–H groups in total. The Labute approximate surface area is 176 Å². The van der Waals surface area contributed by atoms with Crippen molar-refractivity contribution in [3.8, 4) is 11.3 Å². The van der Waals surface area contributed by atoms with E-state index < -0.39 is 11.9 Å². The van der Waals surface area contributed by atoms with Crippen LogP contribution in [0, 0.1) is 6.92 Å². The lowest BCUT2D eigenvalue weighted by atomic mass is 10.1. The molecule has 150 valence electrons. The smallest absolute Gasteiger partial charge is 0.341 e. The van der Waals surface area contributed by atoms with Crippen LogP contribution in [0.5, 0.6) is 0 Å². The Morgan fingerprint density at radius 3 is 2.83 bits per heavy atom. The van der Waals surface area contributed by atoms with E-state index in [9.17, 15) is 9.59 Å². The van der Waals surface area contributed by atoms with Crippen LogP contribution < -0.4 is 5.32 Å². The van der Waals surface area contributed by atoms with Gasteiger partial charge < -0.3 is 14.6 Å². The number of nitrogens with zero attached hydrogens (tertiary/aromatic N) is 1. The predicted octanol–water partition coefficient (Wildman–Crippen LogP) is 5.28. The summed E-state index contributed by atoms with van der Waals surface area (Å²) in [5, 5.41) is 7.90. The second-order valence-corrected chi connectivity index (χ2v) is 8.19. The average molecular weight is 431 g/mol. The standard InChI is InChI=1S/C21H19ClN2O4S/c1-3-27-21(26)17-13-8-6-10-15(13)29-20(17)23-19(25)16-11(2)28-24-18(16)12-7-4-5-9-14(12)22/h4-5,7,9H,3,6,8,10H2,1-2H3,(H,23,25). The molecule has 1 aliphatic carbocycles. The fraction of sp³-hybridized carbons (Fsp3) is 0.286. The quantitative estimate of drug-likeness (QED) is 0.556. The predicted molar refractivity (Wildman–Crippen MR) is 112 cm³/mol. The maximum atomic E-state index is 13.2. The van der Waals surface area contributed by atoms with Crippen molar-refractivity contribution in [3.05, 3.63) is 56.6 Å². The third-order valence-electron chi connectivity index (χ3n) is 4.85. The number of hydrogen-bond donors (Lipinski definition) is 1. The van der Waals surface area contributed by atoms with Gasteiger partial charge in [0.25, 0.3) is 5.91 Å². The van der Waals surface area contributed by atoms with E-state index in [1.54, 1.807) is 32.0 Å². The van der Waals surface area contributed by atoms with Crippen molar-refractivity contribution in [1.29, 1.82) is 0 Å². The van der Waals surface area contributed by atoms with Gasteiger partial charge in [-0.2, -0.15) is 0 Å². The maximum absolute atomic E-state index is 13.2. The fourth-order valence-electron chi connectivity index (χ4n) is 3.55. The van der Waals surface area contributed by atoms with Crippen molar-refractivity contribution in [1.82, 2.24) is 5.16 Å². The number of hydrogen-bond acceptors (Lipinski definition) is 6. The lowest BCUT2D eigenvalue weighted by molar-refractivity contribution is 0.0527. The molecular weight excluding hydrogens is 412 g/mol. The summed E-state index contributed by atoms with van der Waals surface area (Å²) in [6.07, 6.45) is 2.72. The summed E-state index contributed by atoms with van der Waals surface area (Å²) >= 11 is 7.71. The van der Waals surface area contributed by atoms with Crippen LogP contribution in [0.3, 0.4) is 0 Å². The highest BCUT2D eigenvalue weighted by Gasteiger charge is 2.30. The van der Waals surface area contributed by atoms with Gasteiger partial charge in [0.1, 0.15) is 22.0 Å². The number of ether oxygens (including phenoxy) is 1. The second-order valence-electron chi connectivity index (χ2n) is 6.68. The normalized spacial score (nSPS) is 12.7. The topological polar surface area (TPSA) is 81.4 Å². The molecule has 0 unspecified atom stereocenters. The summed E-state index contributed by atoms with van der Waals surface area (Å²) in [5.41, 5.74) is 2.72. The van der Waals surface area contributed by atoms with Gasteiger partial charge >= 0.3 is 5.97 Å². The third-order valence-corrected chi connectivity index (χ3v) is 6.38. The van der Waals surface area contributed by atoms with Crippen LogP contribution in [0.2, 0.25) is 5.02 Å². The van der Waals surface area contributed by atoms with E-state index in [0.29, 0.717) is 38.2 Å². The lowest BCUT2D eigenvalue weighted by Gasteiger charge is -2.09. The number of aromatic nitrogens is 1. The molecule has 1 aliphatic rings. The zero-order valence-corrected chi connectivity index (χ0v) is 17.6. The molecule has 1 aromatic carbocycles. The first-order valence-electron chi connectivity index (χ1n) is 9.35. The van der Waals surface area contributed by atoms with Crippen LogP contribution in [0.15, 0.2) is 28.8 Å². The van der Waals surface area contributed by atoms with Crippen LogP contribution in [0.25, 0.3) is 11.3 Å². The van der Waals surface area contributed by atoms with Gasteiger partial charge in [-0.3, -0.25) is 4.79 Å². The Morgan fingerprint density at radius 1 is 1.28 bits per heavy atom. The van der Waals surface area contributed by atoms with Gasteiger partial charge in [-0.15, -0.1) is 11.3 Å². The minimum absolute atomic E-state index is 0.276. The number of benzene rings is 1. The van der Waals surface area contributed by atoms with Gasteiger partial charge in [0.2, 0.25) is 0 Å². The van der Waals surface area contributed by atoms with E-state index in [0.717, 1.165) is 29.7 Å². The molecule has 3 aromatic rings. The van der Waals surface area contributed by atoms with Crippen LogP contribution in [0.4, 0.5) is 5.00 Å². The van der Waals surface area contributed by atoms with Gasteiger partial charge in [0.05, 0.1) is 17.2 Å². The molecule has 2 aromatic heterocycles.